The Bertz CT molecular complexity index is 140. The van der Waals surface area contributed by atoms with Gasteiger partial charge in [0.05, 0.1) is 0 Å². The van der Waals surface area contributed by atoms with Gasteiger partial charge in [0.2, 0.25) is 0 Å². The molecule has 1 aliphatic rings. The first kappa shape index (κ1) is 9.83. The van der Waals surface area contributed by atoms with Crippen LogP contribution >= 0.6 is 0 Å². The molecule has 0 heterocycles. The fourth-order valence-electron chi connectivity index (χ4n) is 2.17. The summed E-state index contributed by atoms with van der Waals surface area (Å²) in [7, 11) is 0. The van der Waals surface area contributed by atoms with E-state index in [0.29, 0.717) is 0 Å². The van der Waals surface area contributed by atoms with Crippen molar-refractivity contribution in [3.05, 3.63) is 12.7 Å². The van der Waals surface area contributed by atoms with Gasteiger partial charge in [-0.2, -0.15) is 0 Å². The van der Waals surface area contributed by atoms with E-state index in [1.165, 1.54) is 19.3 Å². The lowest BCUT2D eigenvalue weighted by molar-refractivity contribution is 0.479. The number of allylic oxidation sites excluding steroid dienone is 1. The van der Waals surface area contributed by atoms with Gasteiger partial charge in [-0.15, -0.1) is 6.58 Å². The summed E-state index contributed by atoms with van der Waals surface area (Å²) < 4.78 is 0. The van der Waals surface area contributed by atoms with Gasteiger partial charge in [0.1, 0.15) is 0 Å². The smallest absolute Gasteiger partial charge is 0.0328 e. The van der Waals surface area contributed by atoms with Crippen LogP contribution in [0.4, 0.5) is 0 Å². The van der Waals surface area contributed by atoms with Crippen molar-refractivity contribution < 1.29 is 0 Å². The third-order valence-electron chi connectivity index (χ3n) is 3.60. The van der Waals surface area contributed by atoms with Crippen molar-refractivity contribution >= 4 is 0 Å². The Balaban J connectivity index is 2.06. The molecule has 1 aliphatic carbocycles. The van der Waals surface area contributed by atoms with Crippen LogP contribution in [-0.2, 0) is 0 Å². The van der Waals surface area contributed by atoms with Gasteiger partial charge < -0.3 is 0 Å². The topological polar surface area (TPSA) is 0 Å². The van der Waals surface area contributed by atoms with E-state index in [0.717, 1.165) is 23.7 Å². The Morgan fingerprint density at radius 1 is 1.33 bits per heavy atom. The van der Waals surface area contributed by atoms with Crippen LogP contribution in [0, 0.1) is 23.7 Å². The minimum Gasteiger partial charge on any atom is -0.103 e. The first-order valence-electron chi connectivity index (χ1n) is 5.27. The Morgan fingerprint density at radius 2 is 1.92 bits per heavy atom. The first-order chi connectivity index (χ1) is 5.66. The summed E-state index contributed by atoms with van der Waals surface area (Å²) in [4.78, 5) is 0. The molecule has 70 valence electrons. The van der Waals surface area contributed by atoms with E-state index >= 15 is 0 Å². The fourth-order valence-corrected chi connectivity index (χ4v) is 2.17. The van der Waals surface area contributed by atoms with E-state index in [9.17, 15) is 0 Å². The molecule has 0 bridgehead atoms. The lowest BCUT2D eigenvalue weighted by Crippen LogP contribution is -1.94. The van der Waals surface area contributed by atoms with Gasteiger partial charge in [-0.05, 0) is 36.5 Å². The van der Waals surface area contributed by atoms with Crippen molar-refractivity contribution in [3.63, 3.8) is 0 Å². The summed E-state index contributed by atoms with van der Waals surface area (Å²) in [5.41, 5.74) is 0. The molecule has 0 N–H and O–H groups in total. The molecule has 0 aromatic carbocycles. The molecular weight excluding hydrogens is 144 g/mol. The van der Waals surface area contributed by atoms with Gasteiger partial charge >= 0.3 is 0 Å². The summed E-state index contributed by atoms with van der Waals surface area (Å²) in [6.45, 7) is 10.9. The van der Waals surface area contributed by atoms with Crippen LogP contribution in [0.2, 0.25) is 0 Å². The second-order valence-corrected chi connectivity index (χ2v) is 4.59. The van der Waals surface area contributed by atoms with Crippen LogP contribution in [0.25, 0.3) is 0 Å². The molecule has 3 unspecified atom stereocenters. The van der Waals surface area contributed by atoms with E-state index in [2.05, 4.69) is 27.4 Å². The lowest BCUT2D eigenvalue weighted by atomic mass is 9.99. The maximum Gasteiger partial charge on any atom is -0.0328 e. The molecular formula is C12H22. The molecule has 0 saturated heterocycles. The van der Waals surface area contributed by atoms with Gasteiger partial charge in [-0.3, -0.25) is 0 Å². The quantitative estimate of drug-likeness (QED) is 0.544. The van der Waals surface area contributed by atoms with Crippen LogP contribution in [0.5, 0.6) is 0 Å². The van der Waals surface area contributed by atoms with E-state index in [4.69, 9.17) is 0 Å². The van der Waals surface area contributed by atoms with Crippen molar-refractivity contribution in [1.82, 2.24) is 0 Å². The minimum absolute atomic E-state index is 0.850. The van der Waals surface area contributed by atoms with Gasteiger partial charge in [0.15, 0.2) is 0 Å². The maximum atomic E-state index is 3.77. The standard InChI is InChI=1S/C12H22/c1-5-6-9(2)7-8-12-10(3)11(12)4/h5,9-12H,1,6-8H2,2-4H3. The molecule has 0 heteroatoms. The molecule has 12 heavy (non-hydrogen) atoms. The second-order valence-electron chi connectivity index (χ2n) is 4.59. The number of hydrogen-bond acceptors (Lipinski definition) is 0. The predicted octanol–water partition coefficient (Wildman–Crippen LogP) is 3.88. The molecule has 0 nitrogen and oxygen atoms in total. The Morgan fingerprint density at radius 3 is 2.33 bits per heavy atom. The van der Waals surface area contributed by atoms with Crippen LogP contribution in [0.3, 0.4) is 0 Å². The molecule has 0 aliphatic heterocycles. The van der Waals surface area contributed by atoms with Crippen LogP contribution in [-0.4, -0.2) is 0 Å². The van der Waals surface area contributed by atoms with Crippen LogP contribution < -0.4 is 0 Å². The van der Waals surface area contributed by atoms with Crippen molar-refractivity contribution in [2.24, 2.45) is 23.7 Å². The third kappa shape index (κ3) is 2.36. The first-order valence-corrected chi connectivity index (χ1v) is 5.27. The highest BCUT2D eigenvalue weighted by Gasteiger charge is 2.41. The average molecular weight is 166 g/mol. The summed E-state index contributed by atoms with van der Waals surface area (Å²) in [6, 6.07) is 0. The van der Waals surface area contributed by atoms with E-state index in [1.54, 1.807) is 0 Å². The van der Waals surface area contributed by atoms with Crippen LogP contribution in [0.1, 0.15) is 40.0 Å². The number of rotatable bonds is 5. The second kappa shape index (κ2) is 4.11. The molecule has 0 spiro atoms. The molecule has 0 amide bonds. The molecule has 0 radical (unpaired) electrons. The minimum atomic E-state index is 0.850. The van der Waals surface area contributed by atoms with Gasteiger partial charge in [0, 0.05) is 0 Å². The van der Waals surface area contributed by atoms with Gasteiger partial charge in [-0.25, -0.2) is 0 Å². The normalized spacial score (nSPS) is 36.1. The number of hydrogen-bond donors (Lipinski definition) is 0. The molecule has 3 atom stereocenters. The van der Waals surface area contributed by atoms with E-state index < -0.39 is 0 Å². The van der Waals surface area contributed by atoms with Crippen molar-refractivity contribution in [2.75, 3.05) is 0 Å². The Hall–Kier alpha value is -0.260. The summed E-state index contributed by atoms with van der Waals surface area (Å²) in [5, 5.41) is 0. The zero-order valence-corrected chi connectivity index (χ0v) is 8.72. The molecule has 1 fully saturated rings. The largest absolute Gasteiger partial charge is 0.103 e. The molecule has 0 aromatic rings. The maximum absolute atomic E-state index is 3.77. The lowest BCUT2D eigenvalue weighted by Gasteiger charge is -2.07. The summed E-state index contributed by atoms with van der Waals surface area (Å²) in [6.07, 6.45) is 6.07. The van der Waals surface area contributed by atoms with E-state index in [-0.39, 0.29) is 0 Å². The van der Waals surface area contributed by atoms with Crippen LogP contribution in [0.15, 0.2) is 12.7 Å². The summed E-state index contributed by atoms with van der Waals surface area (Å²) in [5.74, 6) is 3.89. The average Bonchev–Trinajstić information content (AvgIpc) is 2.58. The molecule has 1 rings (SSSR count). The SMILES string of the molecule is C=CCC(C)CCC1C(C)C1C. The van der Waals surface area contributed by atoms with Gasteiger partial charge in [-0.1, -0.05) is 33.3 Å². The van der Waals surface area contributed by atoms with Crippen molar-refractivity contribution in [3.8, 4) is 0 Å². The van der Waals surface area contributed by atoms with Crippen molar-refractivity contribution in [2.45, 2.75) is 40.0 Å². The van der Waals surface area contributed by atoms with E-state index in [1.807, 2.05) is 6.08 Å². The Labute approximate surface area is 77.1 Å². The highest BCUT2D eigenvalue weighted by Crippen LogP contribution is 2.48. The monoisotopic (exact) mass is 166 g/mol. The van der Waals surface area contributed by atoms with Gasteiger partial charge in [0.25, 0.3) is 0 Å². The molecule has 1 saturated carbocycles. The zero-order chi connectivity index (χ0) is 9.14. The molecule has 0 aromatic heterocycles. The highest BCUT2D eigenvalue weighted by atomic mass is 14.5. The Kier molecular flexibility index (Phi) is 3.37. The van der Waals surface area contributed by atoms with Crippen molar-refractivity contribution in [1.29, 1.82) is 0 Å². The third-order valence-corrected chi connectivity index (χ3v) is 3.60. The predicted molar refractivity (Wildman–Crippen MR) is 55.0 cm³/mol. The highest BCUT2D eigenvalue weighted by molar-refractivity contribution is 4.90. The fraction of sp³-hybridized carbons (Fsp3) is 0.833. The summed E-state index contributed by atoms with van der Waals surface area (Å²) >= 11 is 0. The zero-order valence-electron chi connectivity index (χ0n) is 8.72.